The molecule has 0 unspecified atom stereocenters. The first kappa shape index (κ1) is 30.7. The van der Waals surface area contributed by atoms with Gasteiger partial charge in [0, 0.05) is 73.7 Å². The summed E-state index contributed by atoms with van der Waals surface area (Å²) in [5.41, 5.74) is 15.3. The van der Waals surface area contributed by atoms with Crippen molar-refractivity contribution >= 4 is 74.3 Å². The average molecular weight is 639 g/mol. The Morgan fingerprint density at radius 1 is 0.673 bits per heavy atom. The van der Waals surface area contributed by atoms with E-state index < -0.39 is 0 Å². The van der Waals surface area contributed by atoms with Crippen molar-refractivity contribution in [3.8, 4) is 6.07 Å². The monoisotopic (exact) mass is 638 g/mol. The van der Waals surface area contributed by atoms with E-state index in [1.54, 1.807) is 0 Å². The third-order valence-electron chi connectivity index (χ3n) is 10.7. The summed E-state index contributed by atoms with van der Waals surface area (Å²) < 4.78 is 0. The summed E-state index contributed by atoms with van der Waals surface area (Å²) in [6.45, 7) is 7.52. The summed E-state index contributed by atoms with van der Waals surface area (Å²) in [5.74, 6) is 0.498. The summed E-state index contributed by atoms with van der Waals surface area (Å²) >= 11 is 0. The maximum atomic E-state index is 10.1. The van der Waals surface area contributed by atoms with Gasteiger partial charge in [-0.3, -0.25) is 0 Å². The van der Waals surface area contributed by atoms with E-state index in [0.29, 0.717) is 17.2 Å². The second-order valence-electron chi connectivity index (χ2n) is 14.0. The Hall–Kier alpha value is -5.66. The van der Waals surface area contributed by atoms with Crippen LogP contribution in [0.2, 0.25) is 0 Å². The number of anilines is 8. The largest absolute Gasteiger partial charge is 0.378 e. The fourth-order valence-corrected chi connectivity index (χ4v) is 8.17. The van der Waals surface area contributed by atoms with Gasteiger partial charge in [-0.15, -0.1) is 0 Å². The van der Waals surface area contributed by atoms with Crippen LogP contribution < -0.4 is 36.0 Å². The molecule has 0 aromatic heterocycles. The molecule has 0 bridgehead atoms. The minimum Gasteiger partial charge on any atom is -0.378 e. The van der Waals surface area contributed by atoms with E-state index in [9.17, 15) is 5.26 Å². The van der Waals surface area contributed by atoms with Crippen molar-refractivity contribution in [3.05, 3.63) is 120 Å². The van der Waals surface area contributed by atoms with Crippen LogP contribution in [0.5, 0.6) is 0 Å². The molecule has 3 aliphatic rings. The van der Waals surface area contributed by atoms with Crippen molar-refractivity contribution in [1.82, 2.24) is 0 Å². The molecule has 2 aliphatic heterocycles. The predicted molar refractivity (Wildman–Crippen MR) is 206 cm³/mol. The molecular formula is C42H39BN6. The molecule has 0 atom stereocenters. The standard InChI is InChI=1S/C42H39BN6/c1-45-31-12-14-33(15-13-31)48-38-21-11-28(27-44)23-36(38)43-37-26-35(47(4)5)20-22-39(37)49(34-18-16-32(17-19-34)46(2)3)41-25-30(24-40(48)42(41)43)29-9-7-6-8-10-29/h11-26,29H,6-10H2,2-5H3. The second kappa shape index (κ2) is 12.1. The van der Waals surface area contributed by atoms with Crippen LogP contribution in [0.3, 0.4) is 0 Å². The Morgan fingerprint density at radius 3 is 1.80 bits per heavy atom. The van der Waals surface area contributed by atoms with Crippen molar-refractivity contribution in [1.29, 1.82) is 5.26 Å². The van der Waals surface area contributed by atoms with Crippen molar-refractivity contribution in [2.45, 2.75) is 38.0 Å². The average Bonchev–Trinajstić information content (AvgIpc) is 3.14. The molecule has 5 aromatic carbocycles. The van der Waals surface area contributed by atoms with Crippen molar-refractivity contribution < 1.29 is 0 Å². The maximum Gasteiger partial charge on any atom is 0.252 e. The van der Waals surface area contributed by atoms with E-state index >= 15 is 0 Å². The van der Waals surface area contributed by atoms with Gasteiger partial charge >= 0.3 is 0 Å². The van der Waals surface area contributed by atoms with Gasteiger partial charge in [0.25, 0.3) is 6.71 Å². The van der Waals surface area contributed by atoms with Crippen molar-refractivity contribution in [2.24, 2.45) is 0 Å². The van der Waals surface area contributed by atoms with Crippen molar-refractivity contribution in [3.63, 3.8) is 0 Å². The molecule has 1 fully saturated rings. The summed E-state index contributed by atoms with van der Waals surface area (Å²) in [5, 5.41) is 10.1. The van der Waals surface area contributed by atoms with Crippen LogP contribution in [0.25, 0.3) is 4.85 Å². The lowest BCUT2D eigenvalue weighted by atomic mass is 9.33. The van der Waals surface area contributed by atoms with E-state index in [0.717, 1.165) is 39.6 Å². The highest BCUT2D eigenvalue weighted by atomic mass is 15.2. The van der Waals surface area contributed by atoms with Gasteiger partial charge in [0.05, 0.1) is 18.2 Å². The highest BCUT2D eigenvalue weighted by molar-refractivity contribution is 7.00. The minimum atomic E-state index is -0.0698. The number of rotatable bonds is 5. The van der Waals surface area contributed by atoms with Gasteiger partial charge in [-0.25, -0.2) is 4.85 Å². The third-order valence-corrected chi connectivity index (χ3v) is 10.7. The lowest BCUT2D eigenvalue weighted by Gasteiger charge is -2.45. The van der Waals surface area contributed by atoms with Gasteiger partial charge in [-0.1, -0.05) is 31.4 Å². The lowest BCUT2D eigenvalue weighted by molar-refractivity contribution is 0.444. The van der Waals surface area contributed by atoms with Gasteiger partial charge in [0.1, 0.15) is 0 Å². The van der Waals surface area contributed by atoms with Crippen molar-refractivity contribution in [2.75, 3.05) is 47.8 Å². The highest BCUT2D eigenvalue weighted by Gasteiger charge is 2.44. The third kappa shape index (κ3) is 5.09. The summed E-state index contributed by atoms with van der Waals surface area (Å²) in [4.78, 5) is 12.8. The second-order valence-corrected chi connectivity index (χ2v) is 14.0. The molecular weight excluding hydrogens is 599 g/mol. The first-order valence-electron chi connectivity index (χ1n) is 17.2. The summed E-state index contributed by atoms with van der Waals surface area (Å²) in [6.07, 6.45) is 6.21. The Labute approximate surface area is 290 Å². The van der Waals surface area contributed by atoms with Crippen LogP contribution in [0.1, 0.15) is 49.1 Å². The number of benzene rings is 5. The fourth-order valence-electron chi connectivity index (χ4n) is 8.17. The number of hydrogen-bond donors (Lipinski definition) is 0. The van der Waals surface area contributed by atoms with Gasteiger partial charge in [-0.2, -0.15) is 5.26 Å². The summed E-state index contributed by atoms with van der Waals surface area (Å²) in [7, 11) is 8.34. The first-order valence-corrected chi connectivity index (χ1v) is 17.2. The molecule has 1 saturated carbocycles. The minimum absolute atomic E-state index is 0.0698. The van der Waals surface area contributed by atoms with Gasteiger partial charge in [0.2, 0.25) is 0 Å². The highest BCUT2D eigenvalue weighted by Crippen LogP contribution is 2.47. The SMILES string of the molecule is [C-]#[N+]c1ccc(N2c3ccc(C#N)cc3B3c4cc(N(C)C)ccc4N(c4ccc(N(C)C)cc4)c4cc(C5CCCCC5)cc2c43)cc1. The molecule has 0 radical (unpaired) electrons. The quantitative estimate of drug-likeness (QED) is 0.140. The van der Waals surface area contributed by atoms with Crippen LogP contribution in [0.4, 0.5) is 51.2 Å². The zero-order valence-electron chi connectivity index (χ0n) is 28.6. The molecule has 240 valence electrons. The van der Waals surface area contributed by atoms with Crippen LogP contribution in [-0.4, -0.2) is 34.9 Å². The first-order chi connectivity index (χ1) is 23.9. The number of fused-ring (bicyclic) bond motifs is 4. The molecule has 0 saturated heterocycles. The Bertz CT molecular complexity index is 2150. The van der Waals surface area contributed by atoms with E-state index in [-0.39, 0.29) is 6.71 Å². The zero-order valence-corrected chi connectivity index (χ0v) is 28.6. The van der Waals surface area contributed by atoms with Gasteiger partial charge in [-0.05, 0) is 126 Å². The number of hydrogen-bond acceptors (Lipinski definition) is 5. The molecule has 0 spiro atoms. The molecule has 2 heterocycles. The summed E-state index contributed by atoms with van der Waals surface area (Å²) in [6, 6.07) is 37.2. The van der Waals surface area contributed by atoms with E-state index in [4.69, 9.17) is 6.57 Å². The van der Waals surface area contributed by atoms with Gasteiger partial charge < -0.3 is 19.6 Å². The van der Waals surface area contributed by atoms with Crippen LogP contribution in [-0.2, 0) is 0 Å². The van der Waals surface area contributed by atoms with E-state index in [1.165, 1.54) is 60.0 Å². The van der Waals surface area contributed by atoms with Crippen LogP contribution >= 0.6 is 0 Å². The molecule has 5 aromatic rings. The Morgan fingerprint density at radius 2 is 1.22 bits per heavy atom. The molecule has 49 heavy (non-hydrogen) atoms. The molecule has 7 heteroatoms. The predicted octanol–water partition coefficient (Wildman–Crippen LogP) is 8.37. The van der Waals surface area contributed by atoms with E-state index in [1.807, 2.05) is 18.2 Å². The molecule has 1 aliphatic carbocycles. The van der Waals surface area contributed by atoms with Crippen LogP contribution in [0, 0.1) is 17.9 Å². The molecule has 0 amide bonds. The van der Waals surface area contributed by atoms with Crippen LogP contribution in [0.15, 0.2) is 97.1 Å². The van der Waals surface area contributed by atoms with Gasteiger partial charge in [0.15, 0.2) is 5.69 Å². The smallest absolute Gasteiger partial charge is 0.252 e. The lowest BCUT2D eigenvalue weighted by Crippen LogP contribution is -2.61. The number of nitrogens with zero attached hydrogens (tertiary/aromatic N) is 6. The maximum absolute atomic E-state index is 10.1. The molecule has 0 N–H and O–H groups in total. The Balaban J connectivity index is 1.47. The number of nitriles is 1. The van der Waals surface area contributed by atoms with E-state index in [2.05, 4.69) is 138 Å². The Kier molecular flexibility index (Phi) is 7.57. The fraction of sp³-hybridized carbons (Fsp3) is 0.238. The topological polar surface area (TPSA) is 41.1 Å². The molecule has 6 nitrogen and oxygen atoms in total. The zero-order chi connectivity index (χ0) is 33.8. The normalized spacial score (nSPS) is 14.7. The molecule has 8 rings (SSSR count).